The number of rotatable bonds is 5. The van der Waals surface area contributed by atoms with E-state index >= 15 is 0 Å². The van der Waals surface area contributed by atoms with Gasteiger partial charge in [0.2, 0.25) is 5.95 Å². The minimum absolute atomic E-state index is 0.518. The number of halogens is 1. The van der Waals surface area contributed by atoms with Gasteiger partial charge in [0.05, 0.1) is 31.0 Å². The Morgan fingerprint density at radius 1 is 1.04 bits per heavy atom. The van der Waals surface area contributed by atoms with E-state index in [0.717, 1.165) is 35.9 Å². The van der Waals surface area contributed by atoms with Crippen molar-refractivity contribution < 1.29 is 9.47 Å². The van der Waals surface area contributed by atoms with Crippen LogP contribution in [-0.2, 0) is 4.74 Å². The number of aromatic nitrogens is 2. The fourth-order valence-corrected chi connectivity index (χ4v) is 3.33. The molecule has 1 aromatic heterocycles. The van der Waals surface area contributed by atoms with Crippen LogP contribution in [0.15, 0.2) is 54.6 Å². The Hall–Kier alpha value is -2.83. The second-order valence-electron chi connectivity index (χ2n) is 6.37. The van der Waals surface area contributed by atoms with E-state index in [1.807, 2.05) is 48.5 Å². The van der Waals surface area contributed by atoms with E-state index in [9.17, 15) is 0 Å². The summed E-state index contributed by atoms with van der Waals surface area (Å²) in [5.74, 6) is 2.02. The van der Waals surface area contributed by atoms with Gasteiger partial charge in [-0.05, 0) is 18.2 Å². The smallest absolute Gasteiger partial charge is 0.229 e. The van der Waals surface area contributed by atoms with Crippen LogP contribution in [0.5, 0.6) is 5.75 Å². The molecular formula is C21H21ClN4O2. The van der Waals surface area contributed by atoms with Crippen molar-refractivity contribution in [2.45, 2.75) is 0 Å². The molecule has 0 unspecified atom stereocenters. The summed E-state index contributed by atoms with van der Waals surface area (Å²) in [5, 5.41) is 3.79. The molecule has 7 heteroatoms. The summed E-state index contributed by atoms with van der Waals surface area (Å²) >= 11 is 6.25. The number of nitrogens with zero attached hydrogens (tertiary/aromatic N) is 3. The maximum atomic E-state index is 6.25. The van der Waals surface area contributed by atoms with Gasteiger partial charge in [0.15, 0.2) is 0 Å². The predicted octanol–water partition coefficient (Wildman–Crippen LogP) is 4.39. The molecule has 0 bridgehead atoms. The van der Waals surface area contributed by atoms with Crippen LogP contribution >= 0.6 is 11.6 Å². The second-order valence-corrected chi connectivity index (χ2v) is 6.78. The fraction of sp³-hybridized carbons (Fsp3) is 0.238. The Morgan fingerprint density at radius 2 is 1.82 bits per heavy atom. The van der Waals surface area contributed by atoms with E-state index in [1.165, 1.54) is 0 Å². The molecule has 144 valence electrons. The molecule has 28 heavy (non-hydrogen) atoms. The first kappa shape index (κ1) is 18.5. The lowest BCUT2D eigenvalue weighted by atomic mass is 10.1. The van der Waals surface area contributed by atoms with E-state index in [0.29, 0.717) is 29.9 Å². The molecule has 0 radical (unpaired) electrons. The van der Waals surface area contributed by atoms with Gasteiger partial charge in [0, 0.05) is 30.4 Å². The van der Waals surface area contributed by atoms with Crippen molar-refractivity contribution >= 4 is 29.1 Å². The van der Waals surface area contributed by atoms with E-state index < -0.39 is 0 Å². The van der Waals surface area contributed by atoms with Crippen LogP contribution in [0, 0.1) is 0 Å². The summed E-state index contributed by atoms with van der Waals surface area (Å²) in [5.41, 5.74) is 2.69. The Labute approximate surface area is 169 Å². The van der Waals surface area contributed by atoms with Gasteiger partial charge in [-0.3, -0.25) is 0 Å². The Morgan fingerprint density at radius 3 is 2.54 bits per heavy atom. The lowest BCUT2D eigenvalue weighted by Gasteiger charge is -2.28. The highest BCUT2D eigenvalue weighted by molar-refractivity contribution is 6.32. The molecule has 4 rings (SSSR count). The van der Waals surface area contributed by atoms with Crippen LogP contribution in [0.25, 0.3) is 11.3 Å². The minimum atomic E-state index is 0.518. The lowest BCUT2D eigenvalue weighted by molar-refractivity contribution is 0.122. The summed E-state index contributed by atoms with van der Waals surface area (Å²) in [4.78, 5) is 11.6. The van der Waals surface area contributed by atoms with Crippen LogP contribution in [0.3, 0.4) is 0 Å². The maximum absolute atomic E-state index is 6.25. The number of hydrogen-bond donors (Lipinski definition) is 1. The third-order valence-corrected chi connectivity index (χ3v) is 4.82. The average Bonchev–Trinajstić information content (AvgIpc) is 2.75. The van der Waals surface area contributed by atoms with Crippen LogP contribution < -0.4 is 15.0 Å². The molecule has 0 atom stereocenters. The summed E-state index contributed by atoms with van der Waals surface area (Å²) in [6, 6.07) is 17.6. The second kappa shape index (κ2) is 8.46. The van der Waals surface area contributed by atoms with E-state index in [1.54, 1.807) is 13.2 Å². The Kier molecular flexibility index (Phi) is 5.60. The standard InChI is InChI=1S/C21H21ClN4O2/c1-27-19-8-7-16(13-17(19)22)23-21-24-18(15-5-3-2-4-6-15)14-20(25-21)26-9-11-28-12-10-26/h2-8,13-14H,9-12H2,1H3,(H,23,24,25). The highest BCUT2D eigenvalue weighted by atomic mass is 35.5. The molecule has 2 heterocycles. The van der Waals surface area contributed by atoms with Gasteiger partial charge in [-0.2, -0.15) is 4.98 Å². The minimum Gasteiger partial charge on any atom is -0.495 e. The van der Waals surface area contributed by atoms with Crippen LogP contribution in [0.1, 0.15) is 0 Å². The highest BCUT2D eigenvalue weighted by Crippen LogP contribution is 2.30. The van der Waals surface area contributed by atoms with Crippen molar-refractivity contribution in [2.75, 3.05) is 43.6 Å². The maximum Gasteiger partial charge on any atom is 0.229 e. The van der Waals surface area contributed by atoms with Gasteiger partial charge in [0.25, 0.3) is 0 Å². The van der Waals surface area contributed by atoms with Gasteiger partial charge in [-0.1, -0.05) is 41.9 Å². The molecule has 6 nitrogen and oxygen atoms in total. The number of methoxy groups -OCH3 is 1. The van der Waals surface area contributed by atoms with Crippen LogP contribution in [-0.4, -0.2) is 43.4 Å². The number of ether oxygens (including phenoxy) is 2. The average molecular weight is 397 g/mol. The molecular weight excluding hydrogens is 376 g/mol. The zero-order chi connectivity index (χ0) is 19.3. The molecule has 1 aliphatic heterocycles. The first-order chi connectivity index (χ1) is 13.7. The van der Waals surface area contributed by atoms with Gasteiger partial charge >= 0.3 is 0 Å². The summed E-state index contributed by atoms with van der Waals surface area (Å²) in [7, 11) is 1.59. The summed E-state index contributed by atoms with van der Waals surface area (Å²) in [6.07, 6.45) is 0. The van der Waals surface area contributed by atoms with Crippen molar-refractivity contribution in [3.05, 3.63) is 59.6 Å². The monoisotopic (exact) mass is 396 g/mol. The van der Waals surface area contributed by atoms with Gasteiger partial charge in [0.1, 0.15) is 11.6 Å². The fourth-order valence-electron chi connectivity index (χ4n) is 3.07. The molecule has 1 fully saturated rings. The molecule has 1 saturated heterocycles. The number of benzene rings is 2. The summed E-state index contributed by atoms with van der Waals surface area (Å²) < 4.78 is 10.7. The Balaban J connectivity index is 1.70. The number of anilines is 3. The topological polar surface area (TPSA) is 59.5 Å². The first-order valence-corrected chi connectivity index (χ1v) is 9.48. The normalized spacial score (nSPS) is 14.0. The lowest BCUT2D eigenvalue weighted by Crippen LogP contribution is -2.36. The third kappa shape index (κ3) is 4.18. The molecule has 0 saturated carbocycles. The number of hydrogen-bond acceptors (Lipinski definition) is 6. The molecule has 1 N–H and O–H groups in total. The largest absolute Gasteiger partial charge is 0.495 e. The molecule has 2 aromatic carbocycles. The van der Waals surface area contributed by atoms with Crippen molar-refractivity contribution in [3.8, 4) is 17.0 Å². The molecule has 0 aliphatic carbocycles. The van der Waals surface area contributed by atoms with Crippen molar-refractivity contribution in [1.29, 1.82) is 0 Å². The quantitative estimate of drug-likeness (QED) is 0.690. The third-order valence-electron chi connectivity index (χ3n) is 4.53. The number of morpholine rings is 1. The summed E-state index contributed by atoms with van der Waals surface area (Å²) in [6.45, 7) is 3.00. The van der Waals surface area contributed by atoms with E-state index in [-0.39, 0.29) is 0 Å². The SMILES string of the molecule is COc1ccc(Nc2nc(-c3ccccc3)cc(N3CCOCC3)n2)cc1Cl. The van der Waals surface area contributed by atoms with Crippen LogP contribution in [0.4, 0.5) is 17.5 Å². The molecule has 3 aromatic rings. The first-order valence-electron chi connectivity index (χ1n) is 9.11. The van der Waals surface area contributed by atoms with E-state index in [4.69, 9.17) is 31.0 Å². The van der Waals surface area contributed by atoms with Gasteiger partial charge in [-0.25, -0.2) is 4.98 Å². The Bertz CT molecular complexity index is 946. The predicted molar refractivity (Wildman–Crippen MR) is 112 cm³/mol. The zero-order valence-corrected chi connectivity index (χ0v) is 16.3. The van der Waals surface area contributed by atoms with Gasteiger partial charge in [-0.15, -0.1) is 0 Å². The highest BCUT2D eigenvalue weighted by Gasteiger charge is 2.16. The van der Waals surface area contributed by atoms with Crippen molar-refractivity contribution in [3.63, 3.8) is 0 Å². The molecule has 1 aliphatic rings. The van der Waals surface area contributed by atoms with Crippen molar-refractivity contribution in [1.82, 2.24) is 9.97 Å². The van der Waals surface area contributed by atoms with E-state index in [2.05, 4.69) is 10.2 Å². The molecule has 0 spiro atoms. The zero-order valence-electron chi connectivity index (χ0n) is 15.6. The van der Waals surface area contributed by atoms with Crippen molar-refractivity contribution in [2.24, 2.45) is 0 Å². The van der Waals surface area contributed by atoms with Gasteiger partial charge < -0.3 is 19.7 Å². The number of nitrogens with one attached hydrogen (secondary N) is 1. The van der Waals surface area contributed by atoms with Crippen LogP contribution in [0.2, 0.25) is 5.02 Å². The molecule has 0 amide bonds.